The van der Waals surface area contributed by atoms with Crippen molar-refractivity contribution in [3.63, 3.8) is 0 Å². The molecule has 0 radical (unpaired) electrons. The molecule has 52 heavy (non-hydrogen) atoms. The van der Waals surface area contributed by atoms with Crippen molar-refractivity contribution in [3.8, 4) is 0 Å². The minimum Gasteiger partial charge on any atom is -0.462 e. The molecule has 0 atom stereocenters. The Morgan fingerprint density at radius 2 is 1.08 bits per heavy atom. The topological polar surface area (TPSA) is 76.1 Å². The van der Waals surface area contributed by atoms with Crippen LogP contribution in [-0.2, 0) is 19.1 Å². The van der Waals surface area contributed by atoms with Crippen LogP contribution in [-0.4, -0.2) is 60.9 Å². The summed E-state index contributed by atoms with van der Waals surface area (Å²) in [5.74, 6) is -0.0840. The van der Waals surface area contributed by atoms with Gasteiger partial charge in [-0.1, -0.05) is 155 Å². The maximum absolute atomic E-state index is 13.3. The molecule has 0 aromatic rings. The molecule has 0 heterocycles. The first kappa shape index (κ1) is 50.6. The number of hydrogen-bond acceptors (Lipinski definition) is 6. The molecule has 0 aromatic carbocycles. The van der Waals surface area contributed by atoms with Crippen LogP contribution in [0.25, 0.3) is 0 Å². The van der Waals surface area contributed by atoms with Crippen molar-refractivity contribution in [2.45, 2.75) is 233 Å². The van der Waals surface area contributed by atoms with E-state index in [9.17, 15) is 14.7 Å². The van der Waals surface area contributed by atoms with Crippen molar-refractivity contribution in [1.29, 1.82) is 0 Å². The standard InChI is InChI=1S/C46H89NO5/c1-6-9-12-15-18-26-33-42-51-44(49)36-29-22-19-24-31-38-47(40-41-48)39-32-25-23-30-37-46(4,5)45(50)52-43(34-27-20-16-13-10-7-2)35-28-21-17-14-11-8-3/h26,33,43,48H,6-25,27-32,34-42H2,1-5H3/b33-26-. The van der Waals surface area contributed by atoms with Gasteiger partial charge in [0.05, 0.1) is 12.0 Å². The summed E-state index contributed by atoms with van der Waals surface area (Å²) in [6, 6.07) is 0. The Morgan fingerprint density at radius 3 is 1.63 bits per heavy atom. The smallest absolute Gasteiger partial charge is 0.311 e. The molecule has 0 amide bonds. The van der Waals surface area contributed by atoms with E-state index >= 15 is 0 Å². The maximum atomic E-state index is 13.3. The second-order valence-electron chi connectivity index (χ2n) is 16.3. The first-order valence-corrected chi connectivity index (χ1v) is 22.7. The van der Waals surface area contributed by atoms with Gasteiger partial charge in [0.1, 0.15) is 12.7 Å². The summed E-state index contributed by atoms with van der Waals surface area (Å²) >= 11 is 0. The lowest BCUT2D eigenvalue weighted by Gasteiger charge is -2.27. The number of carbonyl (C=O) groups excluding carboxylic acids is 2. The van der Waals surface area contributed by atoms with Gasteiger partial charge in [-0.15, -0.1) is 0 Å². The average molecular weight is 736 g/mol. The molecule has 308 valence electrons. The molecular formula is C46H89NO5. The Morgan fingerprint density at radius 1 is 0.596 bits per heavy atom. The molecule has 6 heteroatoms. The minimum absolute atomic E-state index is 0.000234. The number of ether oxygens (including phenoxy) is 2. The third-order valence-corrected chi connectivity index (χ3v) is 10.6. The van der Waals surface area contributed by atoms with Crippen LogP contribution in [0.1, 0.15) is 227 Å². The molecule has 0 aliphatic carbocycles. The Hall–Kier alpha value is -1.40. The van der Waals surface area contributed by atoms with Crippen molar-refractivity contribution in [3.05, 3.63) is 12.2 Å². The number of hydrogen-bond donors (Lipinski definition) is 1. The summed E-state index contributed by atoms with van der Waals surface area (Å²) in [6.45, 7) is 14.3. The zero-order chi connectivity index (χ0) is 38.4. The SMILES string of the molecule is CCCCCC/C=C\COC(=O)CCCCCCCN(CCO)CCCCCCC(C)(C)C(=O)OC(CCCCCCCC)CCCCCCCC. The van der Waals surface area contributed by atoms with E-state index in [1.165, 1.54) is 103 Å². The highest BCUT2D eigenvalue weighted by Crippen LogP contribution is 2.28. The fourth-order valence-electron chi connectivity index (χ4n) is 6.94. The zero-order valence-electron chi connectivity index (χ0n) is 35.5. The first-order valence-electron chi connectivity index (χ1n) is 22.7. The molecule has 0 aromatic heterocycles. The van der Waals surface area contributed by atoms with E-state index in [1.807, 2.05) is 6.08 Å². The molecule has 0 rings (SSSR count). The molecule has 0 unspecified atom stereocenters. The maximum Gasteiger partial charge on any atom is 0.311 e. The number of rotatable bonds is 40. The number of unbranched alkanes of at least 4 members (excludes halogenated alkanes) is 21. The normalized spacial score (nSPS) is 12.1. The molecular weight excluding hydrogens is 647 g/mol. The number of esters is 2. The van der Waals surface area contributed by atoms with E-state index in [0.29, 0.717) is 13.0 Å². The minimum atomic E-state index is -0.436. The predicted molar refractivity (Wildman–Crippen MR) is 223 cm³/mol. The summed E-state index contributed by atoms with van der Waals surface area (Å²) < 4.78 is 11.6. The van der Waals surface area contributed by atoms with Crippen molar-refractivity contribution in [2.24, 2.45) is 5.41 Å². The van der Waals surface area contributed by atoms with E-state index in [2.05, 4.69) is 45.6 Å². The van der Waals surface area contributed by atoms with Crippen molar-refractivity contribution in [2.75, 3.05) is 32.8 Å². The summed E-state index contributed by atoms with van der Waals surface area (Å²) in [6.07, 6.45) is 38.8. The van der Waals surface area contributed by atoms with Crippen molar-refractivity contribution >= 4 is 11.9 Å². The average Bonchev–Trinajstić information content (AvgIpc) is 3.12. The van der Waals surface area contributed by atoms with E-state index in [-0.39, 0.29) is 24.6 Å². The Labute approximate surface area is 324 Å². The van der Waals surface area contributed by atoms with Crippen LogP contribution in [0, 0.1) is 5.41 Å². The van der Waals surface area contributed by atoms with Gasteiger partial charge in [0.15, 0.2) is 0 Å². The molecule has 0 saturated carbocycles. The van der Waals surface area contributed by atoms with Crippen LogP contribution in [0.2, 0.25) is 0 Å². The zero-order valence-corrected chi connectivity index (χ0v) is 35.5. The van der Waals surface area contributed by atoms with Crippen LogP contribution in [0.15, 0.2) is 12.2 Å². The fourth-order valence-corrected chi connectivity index (χ4v) is 6.94. The van der Waals surface area contributed by atoms with Gasteiger partial charge in [0.25, 0.3) is 0 Å². The fraction of sp³-hybridized carbons (Fsp3) is 0.913. The van der Waals surface area contributed by atoms with Crippen LogP contribution in [0.5, 0.6) is 0 Å². The van der Waals surface area contributed by atoms with Gasteiger partial charge in [-0.2, -0.15) is 0 Å². The molecule has 0 fully saturated rings. The van der Waals surface area contributed by atoms with Crippen LogP contribution in [0.4, 0.5) is 0 Å². The molecule has 0 saturated heterocycles. The highest BCUT2D eigenvalue weighted by Gasteiger charge is 2.30. The lowest BCUT2D eigenvalue weighted by Crippen LogP contribution is -2.31. The van der Waals surface area contributed by atoms with Crippen molar-refractivity contribution < 1.29 is 24.2 Å². The Bertz CT molecular complexity index is 797. The van der Waals surface area contributed by atoms with E-state index in [0.717, 1.165) is 103 Å². The monoisotopic (exact) mass is 736 g/mol. The molecule has 0 aliphatic rings. The van der Waals surface area contributed by atoms with Gasteiger partial charge >= 0.3 is 11.9 Å². The molecule has 6 nitrogen and oxygen atoms in total. The number of aliphatic hydroxyl groups excluding tert-OH is 1. The van der Waals surface area contributed by atoms with Crippen LogP contribution < -0.4 is 0 Å². The van der Waals surface area contributed by atoms with Gasteiger partial charge in [-0.3, -0.25) is 9.59 Å². The Kier molecular flexibility index (Phi) is 36.9. The quantitative estimate of drug-likeness (QED) is 0.0384. The highest BCUT2D eigenvalue weighted by atomic mass is 16.5. The van der Waals surface area contributed by atoms with Gasteiger partial charge in [-0.25, -0.2) is 0 Å². The highest BCUT2D eigenvalue weighted by molar-refractivity contribution is 5.76. The number of aliphatic hydroxyl groups is 1. The lowest BCUT2D eigenvalue weighted by atomic mass is 9.86. The number of nitrogens with zero attached hydrogens (tertiary/aromatic N) is 1. The number of carbonyl (C=O) groups is 2. The second-order valence-corrected chi connectivity index (χ2v) is 16.3. The summed E-state index contributed by atoms with van der Waals surface area (Å²) in [5.41, 5.74) is -0.436. The molecule has 0 aliphatic heterocycles. The first-order chi connectivity index (χ1) is 25.3. The van der Waals surface area contributed by atoms with Gasteiger partial charge in [-0.05, 0) is 91.1 Å². The largest absolute Gasteiger partial charge is 0.462 e. The van der Waals surface area contributed by atoms with Gasteiger partial charge in [0.2, 0.25) is 0 Å². The van der Waals surface area contributed by atoms with Gasteiger partial charge in [0, 0.05) is 13.0 Å². The van der Waals surface area contributed by atoms with E-state index in [1.54, 1.807) is 0 Å². The third-order valence-electron chi connectivity index (χ3n) is 10.6. The number of allylic oxidation sites excluding steroid dienone is 1. The predicted octanol–water partition coefficient (Wildman–Crippen LogP) is 13.1. The van der Waals surface area contributed by atoms with E-state index < -0.39 is 5.41 Å². The van der Waals surface area contributed by atoms with Crippen molar-refractivity contribution in [1.82, 2.24) is 4.90 Å². The third kappa shape index (κ3) is 33.2. The van der Waals surface area contributed by atoms with Crippen LogP contribution >= 0.6 is 0 Å². The second kappa shape index (κ2) is 37.9. The summed E-state index contributed by atoms with van der Waals surface area (Å²) in [5, 5.41) is 9.59. The van der Waals surface area contributed by atoms with E-state index in [4.69, 9.17) is 9.47 Å². The van der Waals surface area contributed by atoms with Gasteiger partial charge < -0.3 is 19.5 Å². The Balaban J connectivity index is 4.21. The molecule has 0 spiro atoms. The summed E-state index contributed by atoms with van der Waals surface area (Å²) in [4.78, 5) is 27.7. The van der Waals surface area contributed by atoms with Crippen LogP contribution in [0.3, 0.4) is 0 Å². The molecule has 1 N–H and O–H groups in total. The summed E-state index contributed by atoms with van der Waals surface area (Å²) in [7, 11) is 0. The lowest BCUT2D eigenvalue weighted by molar-refractivity contribution is -0.161. The molecule has 0 bridgehead atoms.